The molecule has 0 radical (unpaired) electrons. The molecule has 0 aliphatic carbocycles. The van der Waals surface area contributed by atoms with Gasteiger partial charge in [0.25, 0.3) is 0 Å². The van der Waals surface area contributed by atoms with Crippen molar-refractivity contribution < 1.29 is 23.3 Å². The van der Waals surface area contributed by atoms with Crippen LogP contribution < -0.4 is 5.30 Å². The largest absolute Gasteiger partial charge is 0.391 e. The predicted molar refractivity (Wildman–Crippen MR) is 62.2 cm³/mol. The van der Waals surface area contributed by atoms with E-state index in [0.717, 1.165) is 6.08 Å². The average Bonchev–Trinajstić information content (AvgIpc) is 2.25. The van der Waals surface area contributed by atoms with Crippen molar-refractivity contribution in [1.82, 2.24) is 0 Å². The fraction of sp³-hybridized carbons (Fsp3) is 0. The van der Waals surface area contributed by atoms with Gasteiger partial charge in [-0.3, -0.25) is 4.57 Å². The second-order valence-electron chi connectivity index (χ2n) is 2.85. The van der Waals surface area contributed by atoms with Crippen LogP contribution in [0, 0.1) is 0 Å². The highest BCUT2D eigenvalue weighted by Crippen LogP contribution is 2.34. The molecule has 0 heterocycles. The van der Waals surface area contributed by atoms with Crippen molar-refractivity contribution in [2.75, 3.05) is 0 Å². The van der Waals surface area contributed by atoms with Crippen molar-refractivity contribution in [3.63, 3.8) is 0 Å². The third kappa shape index (κ3) is 3.50. The van der Waals surface area contributed by atoms with Crippen molar-refractivity contribution in [3.05, 3.63) is 35.9 Å². The maximum absolute atomic E-state index is 11.1. The van der Waals surface area contributed by atoms with Crippen LogP contribution in [0.4, 0.5) is 0 Å². The van der Waals surface area contributed by atoms with E-state index >= 15 is 0 Å². The molecule has 0 amide bonds. The summed E-state index contributed by atoms with van der Waals surface area (Å²) < 4.78 is 15.2. The van der Waals surface area contributed by atoms with E-state index in [2.05, 4.69) is 17.1 Å². The molecule has 5 nitrogen and oxygen atoms in total. The van der Waals surface area contributed by atoms with Crippen LogP contribution >= 0.6 is 20.5 Å². The van der Waals surface area contributed by atoms with Gasteiger partial charge >= 0.3 is 13.6 Å². The summed E-state index contributed by atoms with van der Waals surface area (Å²) in [5.41, 5.74) is 0.259. The van der Waals surface area contributed by atoms with Crippen molar-refractivity contribution in [1.29, 1.82) is 0 Å². The van der Waals surface area contributed by atoms with E-state index in [4.69, 9.17) is 9.79 Å². The second kappa shape index (κ2) is 5.32. The van der Waals surface area contributed by atoms with Crippen LogP contribution in [-0.2, 0) is 13.5 Å². The molecule has 0 saturated heterocycles. The quantitative estimate of drug-likeness (QED) is 0.325. The second-order valence-corrected chi connectivity index (χ2v) is 4.60. The van der Waals surface area contributed by atoms with Crippen LogP contribution in [0.3, 0.4) is 0 Å². The summed E-state index contributed by atoms with van der Waals surface area (Å²) in [5, 5.41) is -0.141. The zero-order valence-corrected chi connectivity index (χ0v) is 9.77. The van der Waals surface area contributed by atoms with Crippen LogP contribution in [-0.4, -0.2) is 15.8 Å². The van der Waals surface area contributed by atoms with E-state index in [1.165, 1.54) is 24.3 Å². The molecule has 0 aromatic heterocycles. The van der Waals surface area contributed by atoms with Crippen LogP contribution in [0.1, 0.15) is 5.56 Å². The van der Waals surface area contributed by atoms with Crippen LogP contribution in [0.15, 0.2) is 30.3 Å². The van der Waals surface area contributed by atoms with E-state index in [9.17, 15) is 9.36 Å². The first-order chi connectivity index (χ1) is 7.45. The minimum Gasteiger partial charge on any atom is -0.391 e. The molecule has 0 bridgehead atoms. The van der Waals surface area contributed by atoms with Crippen molar-refractivity contribution >= 4 is 37.9 Å². The first-order valence-corrected chi connectivity index (χ1v) is 6.11. The molecule has 0 aliphatic rings. The smallest absolute Gasteiger partial charge is 0.356 e. The third-order valence-electron chi connectivity index (χ3n) is 1.74. The summed E-state index contributed by atoms with van der Waals surface area (Å²) in [6.45, 7) is 0. The monoisotopic (exact) mass is 260 g/mol. The summed E-state index contributed by atoms with van der Waals surface area (Å²) in [4.78, 5) is 28.8. The molecule has 0 atom stereocenters. The Morgan fingerprint density at radius 3 is 2.56 bits per heavy atom. The minimum atomic E-state index is -4.35. The minimum absolute atomic E-state index is 0.141. The maximum Gasteiger partial charge on any atom is 0.356 e. The molecular weight excluding hydrogens is 251 g/mol. The van der Waals surface area contributed by atoms with Crippen molar-refractivity contribution in [2.45, 2.75) is 0 Å². The summed E-state index contributed by atoms with van der Waals surface area (Å²) >= 11 is 3.29. The molecule has 1 aromatic rings. The first-order valence-electron chi connectivity index (χ1n) is 4.14. The molecular formula is C9H9O5PS. The topological polar surface area (TPSA) is 83.8 Å². The summed E-state index contributed by atoms with van der Waals surface area (Å²) in [7, 11) is -4.35. The standard InChI is InChI=1S/C9H9O5PS/c10-9(14-16)6-5-7-3-1-2-4-8(7)15(11,12)13/h1-6,16H,(H2,11,12,13)/b6-5+. The maximum atomic E-state index is 11.1. The zero-order chi connectivity index (χ0) is 12.2. The highest BCUT2D eigenvalue weighted by atomic mass is 32.1. The van der Waals surface area contributed by atoms with Crippen LogP contribution in [0.25, 0.3) is 6.08 Å². The Morgan fingerprint density at radius 1 is 1.38 bits per heavy atom. The molecule has 2 N–H and O–H groups in total. The van der Waals surface area contributed by atoms with Gasteiger partial charge in [0, 0.05) is 19.0 Å². The van der Waals surface area contributed by atoms with Crippen LogP contribution in [0.5, 0.6) is 0 Å². The number of hydrogen-bond acceptors (Lipinski definition) is 4. The predicted octanol–water partition coefficient (Wildman–Crippen LogP) is 0.891. The van der Waals surface area contributed by atoms with E-state index in [0.29, 0.717) is 0 Å². The molecule has 0 fully saturated rings. The van der Waals surface area contributed by atoms with E-state index in [1.807, 2.05) is 0 Å². The van der Waals surface area contributed by atoms with E-state index < -0.39 is 13.6 Å². The number of carbonyl (C=O) groups is 1. The number of rotatable bonds is 3. The van der Waals surface area contributed by atoms with Gasteiger partial charge in [-0.2, -0.15) is 0 Å². The average molecular weight is 260 g/mol. The highest BCUT2D eigenvalue weighted by Gasteiger charge is 2.19. The van der Waals surface area contributed by atoms with Gasteiger partial charge in [0.05, 0.1) is 5.30 Å². The van der Waals surface area contributed by atoms with Gasteiger partial charge in [0.15, 0.2) is 0 Å². The van der Waals surface area contributed by atoms with Crippen molar-refractivity contribution in [3.8, 4) is 0 Å². The SMILES string of the molecule is O=C(/C=C/c1ccccc1P(=O)(O)O)OS. The molecule has 1 rings (SSSR count). The van der Waals surface area contributed by atoms with Crippen LogP contribution in [0.2, 0.25) is 0 Å². The Bertz CT molecular complexity index is 465. The molecule has 7 heteroatoms. The lowest BCUT2D eigenvalue weighted by molar-refractivity contribution is -0.127. The Balaban J connectivity index is 3.10. The Labute approximate surface area is 97.5 Å². The Morgan fingerprint density at radius 2 is 2.00 bits per heavy atom. The molecule has 0 unspecified atom stereocenters. The van der Waals surface area contributed by atoms with Gasteiger partial charge in [-0.25, -0.2) is 4.79 Å². The molecule has 0 spiro atoms. The van der Waals surface area contributed by atoms with E-state index in [1.54, 1.807) is 6.07 Å². The molecule has 86 valence electrons. The molecule has 16 heavy (non-hydrogen) atoms. The van der Waals surface area contributed by atoms with Gasteiger partial charge in [-0.15, -0.1) is 0 Å². The number of hydrogen-bond donors (Lipinski definition) is 3. The molecule has 0 aliphatic heterocycles. The van der Waals surface area contributed by atoms with Crippen molar-refractivity contribution in [2.24, 2.45) is 0 Å². The Kier molecular flexibility index (Phi) is 4.32. The van der Waals surface area contributed by atoms with Gasteiger partial charge in [-0.1, -0.05) is 18.2 Å². The summed E-state index contributed by atoms with van der Waals surface area (Å²) in [6, 6.07) is 5.89. The third-order valence-corrected chi connectivity index (χ3v) is 2.95. The summed E-state index contributed by atoms with van der Waals surface area (Å²) in [6.07, 6.45) is 2.29. The lowest BCUT2D eigenvalue weighted by Crippen LogP contribution is -2.07. The Hall–Kier alpha value is -1.07. The van der Waals surface area contributed by atoms with Gasteiger partial charge in [0.2, 0.25) is 0 Å². The number of benzene rings is 1. The fourth-order valence-corrected chi connectivity index (χ4v) is 1.91. The van der Waals surface area contributed by atoms with Gasteiger partial charge in [-0.05, 0) is 17.7 Å². The normalized spacial score (nSPS) is 11.7. The fourth-order valence-electron chi connectivity index (χ4n) is 1.08. The summed E-state index contributed by atoms with van der Waals surface area (Å²) in [5.74, 6) is -0.719. The lowest BCUT2D eigenvalue weighted by Gasteiger charge is -2.06. The number of thiol groups is 1. The number of carbonyl (C=O) groups excluding carboxylic acids is 1. The highest BCUT2D eigenvalue weighted by molar-refractivity contribution is 7.75. The first kappa shape index (κ1) is 13.0. The molecule has 0 saturated carbocycles. The van der Waals surface area contributed by atoms with Gasteiger partial charge in [0.1, 0.15) is 0 Å². The molecule has 1 aromatic carbocycles. The van der Waals surface area contributed by atoms with E-state index in [-0.39, 0.29) is 10.9 Å². The lowest BCUT2D eigenvalue weighted by atomic mass is 10.2. The van der Waals surface area contributed by atoms with Gasteiger partial charge < -0.3 is 14.0 Å². The zero-order valence-electron chi connectivity index (χ0n) is 7.98.